The fourth-order valence-electron chi connectivity index (χ4n) is 4.36. The Morgan fingerprint density at radius 2 is 0.862 bits per heavy atom. The van der Waals surface area contributed by atoms with E-state index < -0.39 is 14.6 Å². The Balaban J connectivity index is 2.06. The molecule has 0 saturated heterocycles. The summed E-state index contributed by atoms with van der Waals surface area (Å²) in [5, 5.41) is 6.07. The van der Waals surface area contributed by atoms with Crippen LogP contribution in [0.5, 0.6) is 0 Å². The molecule has 0 unspecified atom stereocenters. The van der Waals surface area contributed by atoms with E-state index in [4.69, 9.17) is 0 Å². The molecule has 4 aromatic carbocycles. The van der Waals surface area contributed by atoms with E-state index in [1.807, 2.05) is 0 Å². The first kappa shape index (κ1) is 20.0. The molecule has 0 nitrogen and oxygen atoms in total. The topological polar surface area (TPSA) is 0 Å². The number of hydrogen-bond acceptors (Lipinski definition) is 0. The molecule has 4 rings (SSSR count). The molecule has 146 valence electrons. The van der Waals surface area contributed by atoms with Gasteiger partial charge in [0.2, 0.25) is 0 Å². The van der Waals surface area contributed by atoms with E-state index in [2.05, 4.69) is 128 Å². The molecule has 4 aromatic rings. The van der Waals surface area contributed by atoms with E-state index in [1.54, 1.807) is 10.6 Å². The third-order valence-corrected chi connectivity index (χ3v) is 17.8. The molecule has 0 atom stereocenters. The van der Waals surface area contributed by atoms with Crippen LogP contribution in [0, 0.1) is 0 Å². The molecule has 0 bridgehead atoms. The van der Waals surface area contributed by atoms with Gasteiger partial charge in [-0.05, 0) is 0 Å². The summed E-state index contributed by atoms with van der Waals surface area (Å²) < 4.78 is 0. The Bertz CT molecular complexity index is 920. The Morgan fingerprint density at radius 3 is 1.21 bits per heavy atom. The number of benzene rings is 4. The van der Waals surface area contributed by atoms with E-state index in [9.17, 15) is 0 Å². The summed E-state index contributed by atoms with van der Waals surface area (Å²) in [5.41, 5.74) is 0. The Morgan fingerprint density at radius 1 is 0.517 bits per heavy atom. The van der Waals surface area contributed by atoms with Crippen molar-refractivity contribution in [2.45, 2.75) is 13.3 Å². The molecule has 0 N–H and O–H groups in total. The molecule has 0 saturated carbocycles. The fraction of sp³-hybridized carbons (Fsp3) is 0.111. The van der Waals surface area contributed by atoms with Gasteiger partial charge in [0.05, 0.1) is 0 Å². The van der Waals surface area contributed by atoms with Gasteiger partial charge < -0.3 is 0 Å². The molecular weight excluding hydrogens is 386 g/mol. The molecule has 0 aliphatic carbocycles. The van der Waals surface area contributed by atoms with E-state index >= 15 is 0 Å². The van der Waals surface area contributed by atoms with Crippen LogP contribution in [0.1, 0.15) is 13.3 Å². The molecule has 0 aromatic heterocycles. The molecule has 29 heavy (non-hydrogen) atoms. The van der Waals surface area contributed by atoms with Crippen molar-refractivity contribution in [2.24, 2.45) is 0 Å². The van der Waals surface area contributed by atoms with Gasteiger partial charge in [-0.15, -0.1) is 0 Å². The summed E-state index contributed by atoms with van der Waals surface area (Å²) in [7, 11) is -0.518. The summed E-state index contributed by atoms with van der Waals surface area (Å²) in [6.07, 6.45) is 2.44. The average molecular weight is 414 g/mol. The van der Waals surface area contributed by atoms with Crippen molar-refractivity contribution in [2.75, 3.05) is 6.16 Å². The Kier molecular flexibility index (Phi) is 6.56. The van der Waals surface area contributed by atoms with Crippen LogP contribution >= 0.6 is 14.6 Å². The minimum absolute atomic E-state index is 0.518. The van der Waals surface area contributed by atoms with Crippen LogP contribution < -0.4 is 21.2 Å². The molecule has 0 amide bonds. The predicted octanol–water partition coefficient (Wildman–Crippen LogP) is 5.85. The molecule has 0 aliphatic rings. The third kappa shape index (κ3) is 4.06. The summed E-state index contributed by atoms with van der Waals surface area (Å²) in [4.78, 5) is 0. The minimum atomic E-state index is -2.09. The second-order valence-electron chi connectivity index (χ2n) is 7.35. The number of hydrogen-bond donors (Lipinski definition) is 0. The first-order valence-electron chi connectivity index (χ1n) is 10.4. The van der Waals surface area contributed by atoms with Crippen molar-refractivity contribution in [3.8, 4) is 0 Å². The first-order valence-corrected chi connectivity index (χ1v) is 14.8. The summed E-state index contributed by atoms with van der Waals surface area (Å²) >= 11 is 0. The monoisotopic (exact) mass is 414 g/mol. The molecule has 0 heterocycles. The van der Waals surface area contributed by atoms with Crippen molar-refractivity contribution in [3.63, 3.8) is 0 Å². The quantitative estimate of drug-likeness (QED) is 0.333. The van der Waals surface area contributed by atoms with Crippen molar-refractivity contribution >= 4 is 35.8 Å². The SMILES string of the molecule is CCC[PH](c1ccccc1)(c1ccccc1)P(c1ccccc1)c1ccccc1. The second kappa shape index (κ2) is 9.49. The summed E-state index contributed by atoms with van der Waals surface area (Å²) in [6.45, 7) is 0.250. The van der Waals surface area contributed by atoms with Gasteiger partial charge in [0.15, 0.2) is 0 Å². The van der Waals surface area contributed by atoms with Crippen LogP contribution in [0.4, 0.5) is 0 Å². The van der Waals surface area contributed by atoms with Crippen LogP contribution in [0.15, 0.2) is 121 Å². The standard InChI is InChI=1S/C27H28P2/c1-2-23-29(26-19-11-5-12-20-26,27-21-13-6-14-22-27)28(24-15-7-3-8-16-24)25-17-9-4-10-18-25/h3-22,29H,2,23H2,1H3. The molecular formula is C27H28P2. The molecule has 0 aliphatic heterocycles. The van der Waals surface area contributed by atoms with E-state index in [0.717, 1.165) is 0 Å². The van der Waals surface area contributed by atoms with Crippen LogP contribution in [0.3, 0.4) is 0 Å². The molecule has 0 fully saturated rings. The zero-order valence-corrected chi connectivity index (χ0v) is 18.8. The van der Waals surface area contributed by atoms with Gasteiger partial charge >= 0.3 is 177 Å². The molecule has 0 radical (unpaired) electrons. The van der Waals surface area contributed by atoms with Gasteiger partial charge in [0, 0.05) is 0 Å². The van der Waals surface area contributed by atoms with Crippen LogP contribution in [0.2, 0.25) is 0 Å². The van der Waals surface area contributed by atoms with Gasteiger partial charge in [0.25, 0.3) is 0 Å². The van der Waals surface area contributed by atoms with Crippen LogP contribution in [-0.4, -0.2) is 6.16 Å². The summed E-state index contributed by atoms with van der Waals surface area (Å²) in [6, 6.07) is 45.2. The van der Waals surface area contributed by atoms with Crippen molar-refractivity contribution in [3.05, 3.63) is 121 Å². The van der Waals surface area contributed by atoms with Crippen molar-refractivity contribution in [1.82, 2.24) is 0 Å². The predicted molar refractivity (Wildman–Crippen MR) is 135 cm³/mol. The fourth-order valence-corrected chi connectivity index (χ4v) is 17.7. The van der Waals surface area contributed by atoms with Gasteiger partial charge in [-0.2, -0.15) is 0 Å². The van der Waals surface area contributed by atoms with E-state index in [-0.39, 0.29) is 0 Å². The second-order valence-corrected chi connectivity index (χ2v) is 16.1. The zero-order chi connectivity index (χ0) is 19.9. The maximum atomic E-state index is 2.39. The van der Waals surface area contributed by atoms with Crippen molar-refractivity contribution in [1.29, 1.82) is 0 Å². The van der Waals surface area contributed by atoms with E-state index in [0.29, 0.717) is 0 Å². The van der Waals surface area contributed by atoms with Crippen molar-refractivity contribution < 1.29 is 0 Å². The first-order chi connectivity index (χ1) is 14.4. The normalized spacial score (nSPS) is 12.1. The molecule has 0 spiro atoms. The summed E-state index contributed by atoms with van der Waals surface area (Å²) in [5.74, 6) is 0. The Hall–Kier alpha value is -2.26. The number of rotatable bonds is 7. The third-order valence-electron chi connectivity index (χ3n) is 5.53. The van der Waals surface area contributed by atoms with Gasteiger partial charge in [-0.25, -0.2) is 0 Å². The van der Waals surface area contributed by atoms with Crippen LogP contribution in [-0.2, 0) is 0 Å². The Labute approximate surface area is 176 Å². The van der Waals surface area contributed by atoms with Crippen LogP contribution in [0.25, 0.3) is 0 Å². The molecule has 2 heteroatoms. The maximum absolute atomic E-state index is 2.39. The van der Waals surface area contributed by atoms with E-state index in [1.165, 1.54) is 23.2 Å². The van der Waals surface area contributed by atoms with Gasteiger partial charge in [-0.1, -0.05) is 0 Å². The average Bonchev–Trinajstić information content (AvgIpc) is 2.81. The van der Waals surface area contributed by atoms with Gasteiger partial charge in [-0.3, -0.25) is 0 Å². The van der Waals surface area contributed by atoms with Gasteiger partial charge in [0.1, 0.15) is 0 Å². The zero-order valence-electron chi connectivity index (χ0n) is 16.9.